The van der Waals surface area contributed by atoms with E-state index in [0.717, 1.165) is 18.2 Å². The van der Waals surface area contributed by atoms with Crippen molar-refractivity contribution in [3.05, 3.63) is 64.6 Å². The number of amides is 2. The number of fused-ring (bicyclic) bond motifs is 1. The summed E-state index contributed by atoms with van der Waals surface area (Å²) in [4.78, 5) is 27.3. The number of nitrogens with zero attached hydrogens (tertiary/aromatic N) is 4. The third-order valence-corrected chi connectivity index (χ3v) is 8.59. The van der Waals surface area contributed by atoms with Crippen LogP contribution in [-0.2, 0) is 21.8 Å². The van der Waals surface area contributed by atoms with E-state index < -0.39 is 52.5 Å². The average Bonchev–Trinajstić information content (AvgIpc) is 3.48. The number of rotatable bonds is 3. The fourth-order valence-corrected chi connectivity index (χ4v) is 6.13. The van der Waals surface area contributed by atoms with Crippen LogP contribution in [0.15, 0.2) is 46.1 Å². The van der Waals surface area contributed by atoms with Gasteiger partial charge in [0.2, 0.25) is 0 Å². The molecular formula is C37H47F7N4O6. The van der Waals surface area contributed by atoms with E-state index in [4.69, 9.17) is 14.0 Å². The number of oxime groups is 1. The van der Waals surface area contributed by atoms with Gasteiger partial charge in [0.05, 0.1) is 17.0 Å². The normalized spacial score (nSPS) is 16.7. The Bertz CT molecular complexity index is 1780. The number of benzene rings is 2. The largest absolute Gasteiger partial charge is 0.444 e. The highest BCUT2D eigenvalue weighted by atomic mass is 19.4. The van der Waals surface area contributed by atoms with Crippen LogP contribution in [0.4, 0.5) is 40.3 Å². The molecule has 3 aromatic rings. The molecule has 300 valence electrons. The minimum atomic E-state index is -4.85. The Kier molecular flexibility index (Phi) is 13.7. The first-order valence-corrected chi connectivity index (χ1v) is 17.0. The number of carbonyl (C=O) groups excluding carboxylic acids is 2. The smallest absolute Gasteiger partial charge is 0.420 e. The molecule has 5 rings (SSSR count). The number of ether oxygens (including phenoxy) is 2. The van der Waals surface area contributed by atoms with E-state index in [1.165, 1.54) is 11.0 Å². The molecule has 2 amide bonds. The SMILES string of the molecule is C.CC(C)(C)OC(=O)N1CCC(/C(=N\O)c2cccc(C(F)(F)F)c2F)CC1.CC(C)(C)OC(=O)N1CCC(c2noc3c(C(F)(F)F)cccc23)CC1. The first kappa shape index (κ1) is 43.8. The lowest BCUT2D eigenvalue weighted by molar-refractivity contribution is -0.140. The molecule has 0 aliphatic carbocycles. The number of para-hydroxylation sites is 1. The molecule has 1 aromatic heterocycles. The molecule has 2 saturated heterocycles. The van der Waals surface area contributed by atoms with E-state index in [-0.39, 0.29) is 49.4 Å². The molecule has 10 nitrogen and oxygen atoms in total. The van der Waals surface area contributed by atoms with Crippen LogP contribution in [-0.4, -0.2) is 75.4 Å². The summed E-state index contributed by atoms with van der Waals surface area (Å²) < 4.78 is 108. The molecule has 2 aliphatic heterocycles. The summed E-state index contributed by atoms with van der Waals surface area (Å²) in [6.07, 6.45) is -8.39. The fraction of sp³-hybridized carbons (Fsp3) is 0.568. The second-order valence-electron chi connectivity index (χ2n) is 14.9. The van der Waals surface area contributed by atoms with Crippen LogP contribution in [0.3, 0.4) is 0 Å². The molecule has 54 heavy (non-hydrogen) atoms. The van der Waals surface area contributed by atoms with Crippen molar-refractivity contribution in [2.24, 2.45) is 11.1 Å². The van der Waals surface area contributed by atoms with Crippen molar-refractivity contribution in [1.29, 1.82) is 0 Å². The molecule has 1 N–H and O–H groups in total. The van der Waals surface area contributed by atoms with Gasteiger partial charge in [0, 0.05) is 49.0 Å². The quantitative estimate of drug-likeness (QED) is 0.122. The Morgan fingerprint density at radius 2 is 1.24 bits per heavy atom. The molecule has 2 fully saturated rings. The second kappa shape index (κ2) is 16.8. The van der Waals surface area contributed by atoms with Crippen LogP contribution in [0.25, 0.3) is 11.0 Å². The van der Waals surface area contributed by atoms with E-state index in [1.807, 2.05) is 0 Å². The number of alkyl halides is 6. The van der Waals surface area contributed by atoms with Gasteiger partial charge in [-0.05, 0) is 85.4 Å². The van der Waals surface area contributed by atoms with Crippen LogP contribution in [0.5, 0.6) is 0 Å². The lowest BCUT2D eigenvalue weighted by atomic mass is 9.87. The number of piperidine rings is 2. The summed E-state index contributed by atoms with van der Waals surface area (Å²) in [6.45, 7) is 12.1. The number of halogens is 7. The Hall–Kier alpha value is -4.57. The summed E-state index contributed by atoms with van der Waals surface area (Å²) in [5.41, 5.74) is -3.69. The summed E-state index contributed by atoms with van der Waals surface area (Å²) in [6, 6.07) is 6.81. The lowest BCUT2D eigenvalue weighted by Gasteiger charge is -2.33. The van der Waals surface area contributed by atoms with Gasteiger partial charge in [0.1, 0.15) is 22.6 Å². The molecule has 0 unspecified atom stereocenters. The van der Waals surface area contributed by atoms with Crippen molar-refractivity contribution < 1.29 is 59.5 Å². The molecule has 17 heteroatoms. The molecule has 0 bridgehead atoms. The van der Waals surface area contributed by atoms with Crippen molar-refractivity contribution in [2.45, 2.75) is 104 Å². The molecule has 0 spiro atoms. The zero-order chi connectivity index (χ0) is 39.5. The first-order valence-electron chi connectivity index (χ1n) is 17.0. The average molecular weight is 777 g/mol. The highest BCUT2D eigenvalue weighted by Crippen LogP contribution is 2.39. The summed E-state index contributed by atoms with van der Waals surface area (Å²) >= 11 is 0. The van der Waals surface area contributed by atoms with Gasteiger partial charge in [-0.15, -0.1) is 0 Å². The van der Waals surface area contributed by atoms with Gasteiger partial charge in [0.15, 0.2) is 5.58 Å². The van der Waals surface area contributed by atoms with E-state index >= 15 is 0 Å². The van der Waals surface area contributed by atoms with Crippen LogP contribution >= 0.6 is 0 Å². The zero-order valence-electron chi connectivity index (χ0n) is 30.2. The molecule has 2 aliphatic rings. The van der Waals surface area contributed by atoms with Gasteiger partial charge in [-0.25, -0.2) is 14.0 Å². The summed E-state index contributed by atoms with van der Waals surface area (Å²) in [5, 5.41) is 16.7. The minimum Gasteiger partial charge on any atom is -0.444 e. The van der Waals surface area contributed by atoms with E-state index in [0.29, 0.717) is 55.9 Å². The maximum atomic E-state index is 14.4. The maximum Gasteiger partial charge on any atom is 0.420 e. The molecule has 0 saturated carbocycles. The molecule has 0 radical (unpaired) electrons. The van der Waals surface area contributed by atoms with Crippen molar-refractivity contribution in [1.82, 2.24) is 15.0 Å². The standard InChI is InChI=1S/C18H22F4N2O3.C18H21F3N2O3.CH4/c1-17(2,3)27-16(25)24-9-7-11(8-10-24)15(23-26)12-5-4-6-13(14(12)19)18(20,21)22;1-17(2,3)25-16(24)23-9-7-11(8-10-23)14-12-5-4-6-13(18(19,20)21)15(12)26-22-14;/h4-6,11,26H,7-10H2,1-3H3;4-6,11H,7-10H2,1-3H3;1H4/b23-15+;;. The number of likely N-dealkylation sites (tertiary alicyclic amines) is 2. The molecule has 2 aromatic carbocycles. The van der Waals surface area contributed by atoms with Crippen LogP contribution in [0.1, 0.15) is 103 Å². The van der Waals surface area contributed by atoms with E-state index in [9.17, 15) is 45.5 Å². The summed E-state index contributed by atoms with van der Waals surface area (Å²) in [7, 11) is 0. The van der Waals surface area contributed by atoms with E-state index in [2.05, 4.69) is 10.3 Å². The van der Waals surface area contributed by atoms with Crippen molar-refractivity contribution in [3.63, 3.8) is 0 Å². The van der Waals surface area contributed by atoms with Gasteiger partial charge in [-0.1, -0.05) is 35.9 Å². The number of carbonyl (C=O) groups is 2. The van der Waals surface area contributed by atoms with Gasteiger partial charge < -0.3 is 29.0 Å². The number of hydrogen-bond donors (Lipinski definition) is 1. The summed E-state index contributed by atoms with van der Waals surface area (Å²) in [5.74, 6) is -2.00. The number of hydrogen-bond acceptors (Lipinski definition) is 8. The van der Waals surface area contributed by atoms with Gasteiger partial charge in [0.25, 0.3) is 0 Å². The van der Waals surface area contributed by atoms with Crippen LogP contribution in [0.2, 0.25) is 0 Å². The highest BCUT2D eigenvalue weighted by molar-refractivity contribution is 6.02. The van der Waals surface area contributed by atoms with Gasteiger partial charge >= 0.3 is 24.5 Å². The Balaban J connectivity index is 0.000000285. The Labute approximate surface area is 309 Å². The van der Waals surface area contributed by atoms with Crippen molar-refractivity contribution >= 4 is 28.9 Å². The second-order valence-corrected chi connectivity index (χ2v) is 14.9. The first-order chi connectivity index (χ1) is 24.5. The predicted octanol–water partition coefficient (Wildman–Crippen LogP) is 10.3. The van der Waals surface area contributed by atoms with Crippen LogP contribution < -0.4 is 0 Å². The molecule has 0 atom stereocenters. The predicted molar refractivity (Wildman–Crippen MR) is 186 cm³/mol. The van der Waals surface area contributed by atoms with Gasteiger partial charge in [-0.3, -0.25) is 0 Å². The Morgan fingerprint density at radius 3 is 1.70 bits per heavy atom. The molecular weight excluding hydrogens is 729 g/mol. The lowest BCUT2D eigenvalue weighted by Crippen LogP contribution is -2.43. The number of aromatic nitrogens is 1. The molecule has 3 heterocycles. The highest BCUT2D eigenvalue weighted by Gasteiger charge is 2.38. The fourth-order valence-electron chi connectivity index (χ4n) is 6.13. The van der Waals surface area contributed by atoms with Crippen molar-refractivity contribution in [2.75, 3.05) is 26.2 Å². The maximum absolute atomic E-state index is 14.4. The zero-order valence-corrected chi connectivity index (χ0v) is 30.2. The third-order valence-electron chi connectivity index (χ3n) is 8.59. The van der Waals surface area contributed by atoms with Crippen LogP contribution in [0, 0.1) is 11.7 Å². The van der Waals surface area contributed by atoms with Gasteiger partial charge in [-0.2, -0.15) is 26.3 Å². The third kappa shape index (κ3) is 11.0. The monoisotopic (exact) mass is 776 g/mol. The Morgan fingerprint density at radius 1 is 0.778 bits per heavy atom. The topological polar surface area (TPSA) is 118 Å². The minimum absolute atomic E-state index is 0. The van der Waals surface area contributed by atoms with E-state index in [1.54, 1.807) is 52.5 Å². The van der Waals surface area contributed by atoms with Crippen molar-refractivity contribution in [3.8, 4) is 0 Å².